The van der Waals surface area contributed by atoms with Crippen molar-refractivity contribution in [2.24, 2.45) is 0 Å². The second-order valence-electron chi connectivity index (χ2n) is 8.16. The smallest absolute Gasteiger partial charge is 0.152 e. The zero-order chi connectivity index (χ0) is 21.7. The van der Waals surface area contributed by atoms with Gasteiger partial charge in [0.1, 0.15) is 11.5 Å². The number of carbonyl (C=O) groups excluding carboxylic acids is 1. The van der Waals surface area contributed by atoms with Crippen molar-refractivity contribution in [1.29, 1.82) is 0 Å². The summed E-state index contributed by atoms with van der Waals surface area (Å²) >= 11 is 0. The molecule has 1 aliphatic heterocycles. The van der Waals surface area contributed by atoms with Crippen LogP contribution in [0.2, 0.25) is 0 Å². The summed E-state index contributed by atoms with van der Waals surface area (Å²) in [6, 6.07) is 9.77. The largest absolute Gasteiger partial charge is 0.367 e. The highest BCUT2D eigenvalue weighted by molar-refractivity contribution is 5.81. The maximum Gasteiger partial charge on any atom is 0.152 e. The molecule has 162 valence electrons. The Balaban J connectivity index is 1.61. The Bertz CT molecular complexity index is 1000. The summed E-state index contributed by atoms with van der Waals surface area (Å²) in [5.41, 5.74) is 3.31. The lowest BCUT2D eigenvalue weighted by atomic mass is 9.83. The van der Waals surface area contributed by atoms with E-state index < -0.39 is 0 Å². The molecule has 8 nitrogen and oxygen atoms in total. The first-order valence-corrected chi connectivity index (χ1v) is 10.9. The summed E-state index contributed by atoms with van der Waals surface area (Å²) in [5, 5.41) is 20.5. The summed E-state index contributed by atoms with van der Waals surface area (Å²) in [6.07, 6.45) is 8.64. The molecule has 3 aromatic rings. The number of benzene rings is 1. The predicted molar refractivity (Wildman–Crippen MR) is 119 cm³/mol. The minimum absolute atomic E-state index is 0.00316. The number of piperidine rings is 1. The highest BCUT2D eigenvalue weighted by Crippen LogP contribution is 2.34. The van der Waals surface area contributed by atoms with Crippen LogP contribution in [0.4, 0.5) is 5.82 Å². The molecule has 0 spiro atoms. The van der Waals surface area contributed by atoms with Gasteiger partial charge in [0.15, 0.2) is 6.29 Å². The van der Waals surface area contributed by atoms with Gasteiger partial charge in [0.05, 0.1) is 18.1 Å². The van der Waals surface area contributed by atoms with Crippen molar-refractivity contribution in [2.45, 2.75) is 51.6 Å². The predicted octanol–water partition coefficient (Wildman–Crippen LogP) is 3.43. The zero-order valence-corrected chi connectivity index (χ0v) is 18.2. The zero-order valence-electron chi connectivity index (χ0n) is 18.2. The third-order valence-electron chi connectivity index (χ3n) is 6.30. The highest BCUT2D eigenvalue weighted by atomic mass is 16.1. The molecule has 0 unspecified atom stereocenters. The lowest BCUT2D eigenvalue weighted by molar-refractivity contribution is 0.0452. The summed E-state index contributed by atoms with van der Waals surface area (Å²) in [5.74, 6) is 0.799. The van der Waals surface area contributed by atoms with Crippen LogP contribution in [0.1, 0.15) is 54.2 Å². The van der Waals surface area contributed by atoms with Crippen molar-refractivity contribution in [1.82, 2.24) is 30.1 Å². The lowest BCUT2D eigenvalue weighted by Crippen LogP contribution is -2.55. The first-order valence-electron chi connectivity index (χ1n) is 10.9. The van der Waals surface area contributed by atoms with Crippen molar-refractivity contribution in [2.75, 3.05) is 18.4 Å². The van der Waals surface area contributed by atoms with Gasteiger partial charge < -0.3 is 5.32 Å². The molecule has 4 rings (SSSR count). The number of anilines is 1. The van der Waals surface area contributed by atoms with Crippen molar-refractivity contribution in [3.05, 3.63) is 59.5 Å². The number of hydrogen-bond acceptors (Lipinski definition) is 7. The number of hydrogen-bond donors (Lipinski definition) is 1. The van der Waals surface area contributed by atoms with Crippen LogP contribution in [-0.4, -0.2) is 55.0 Å². The van der Waals surface area contributed by atoms with Crippen molar-refractivity contribution in [3.8, 4) is 5.69 Å². The Morgan fingerprint density at radius 1 is 1.13 bits per heavy atom. The fourth-order valence-electron chi connectivity index (χ4n) is 4.49. The molecule has 1 atom stereocenters. The molecule has 0 radical (unpaired) electrons. The van der Waals surface area contributed by atoms with E-state index in [1.807, 2.05) is 31.2 Å². The van der Waals surface area contributed by atoms with Gasteiger partial charge in [-0.05, 0) is 56.5 Å². The van der Waals surface area contributed by atoms with Crippen LogP contribution in [0.5, 0.6) is 0 Å². The van der Waals surface area contributed by atoms with Crippen LogP contribution in [-0.2, 0) is 6.54 Å². The Labute approximate surface area is 182 Å². The van der Waals surface area contributed by atoms with Crippen LogP contribution in [0.3, 0.4) is 0 Å². The molecule has 1 saturated heterocycles. The van der Waals surface area contributed by atoms with E-state index in [0.29, 0.717) is 5.56 Å². The number of aryl methyl sites for hydroxylation is 1. The Morgan fingerprint density at radius 3 is 2.68 bits per heavy atom. The Hall–Kier alpha value is -3.13. The Kier molecular flexibility index (Phi) is 6.36. The first kappa shape index (κ1) is 21.1. The van der Waals surface area contributed by atoms with Gasteiger partial charge in [0.25, 0.3) is 0 Å². The van der Waals surface area contributed by atoms with Gasteiger partial charge in [0.2, 0.25) is 0 Å². The number of rotatable bonds is 8. The van der Waals surface area contributed by atoms with Crippen LogP contribution >= 0.6 is 0 Å². The number of aldehydes is 1. The second-order valence-corrected chi connectivity index (χ2v) is 8.16. The molecule has 0 aliphatic carbocycles. The van der Waals surface area contributed by atoms with E-state index in [1.54, 1.807) is 17.2 Å². The SMILES string of the molecule is CC[C@@]1(CNc2ccc(C)nn2)CCCCN1Cc1cccc(C=O)c1-n1nccn1. The van der Waals surface area contributed by atoms with Crippen molar-refractivity contribution >= 4 is 12.1 Å². The molecular formula is C23H29N7O. The maximum atomic E-state index is 11.7. The summed E-state index contributed by atoms with van der Waals surface area (Å²) in [6.45, 7) is 6.72. The molecule has 0 bridgehead atoms. The number of likely N-dealkylation sites (tertiary alicyclic amines) is 1. The van der Waals surface area contributed by atoms with Gasteiger partial charge in [0, 0.05) is 24.2 Å². The minimum Gasteiger partial charge on any atom is -0.367 e. The number of para-hydroxylation sites is 1. The maximum absolute atomic E-state index is 11.7. The molecule has 8 heteroatoms. The third kappa shape index (κ3) is 4.49. The first-order chi connectivity index (χ1) is 15.1. The van der Waals surface area contributed by atoms with E-state index in [1.165, 1.54) is 6.42 Å². The molecule has 3 heterocycles. The number of aromatic nitrogens is 5. The van der Waals surface area contributed by atoms with E-state index >= 15 is 0 Å². The minimum atomic E-state index is -0.00316. The van der Waals surface area contributed by atoms with Gasteiger partial charge in [-0.2, -0.15) is 20.1 Å². The van der Waals surface area contributed by atoms with E-state index in [2.05, 4.69) is 43.6 Å². The normalized spacial score (nSPS) is 19.3. The van der Waals surface area contributed by atoms with Crippen LogP contribution in [0.25, 0.3) is 5.69 Å². The van der Waals surface area contributed by atoms with Gasteiger partial charge in [-0.1, -0.05) is 25.5 Å². The summed E-state index contributed by atoms with van der Waals surface area (Å²) in [7, 11) is 0. The summed E-state index contributed by atoms with van der Waals surface area (Å²) in [4.78, 5) is 15.8. The third-order valence-corrected chi connectivity index (χ3v) is 6.30. The molecule has 31 heavy (non-hydrogen) atoms. The fraction of sp³-hybridized carbons (Fsp3) is 0.435. The van der Waals surface area contributed by atoms with Gasteiger partial charge in [-0.3, -0.25) is 9.69 Å². The second kappa shape index (κ2) is 9.34. The fourth-order valence-corrected chi connectivity index (χ4v) is 4.49. The standard InChI is InChI=1S/C23H29N7O/c1-3-23(17-24-21-10-9-18(2)27-28-21)11-4-5-14-29(23)15-19-7-6-8-20(16-31)22(19)30-25-12-13-26-30/h6-10,12-13,16H,3-5,11,14-15,17H2,1-2H3,(H,24,28)/t23-/m0/s1. The monoisotopic (exact) mass is 419 g/mol. The van der Waals surface area contributed by atoms with Gasteiger partial charge in [-0.25, -0.2) is 0 Å². The number of nitrogens with one attached hydrogen (secondary N) is 1. The van der Waals surface area contributed by atoms with Crippen molar-refractivity contribution < 1.29 is 4.79 Å². The Morgan fingerprint density at radius 2 is 1.97 bits per heavy atom. The summed E-state index contributed by atoms with van der Waals surface area (Å²) < 4.78 is 0. The van der Waals surface area contributed by atoms with Gasteiger partial charge in [-0.15, -0.1) is 5.10 Å². The van der Waals surface area contributed by atoms with E-state index in [-0.39, 0.29) is 5.54 Å². The van der Waals surface area contributed by atoms with Crippen LogP contribution < -0.4 is 5.32 Å². The molecule has 1 aliphatic rings. The van der Waals surface area contributed by atoms with E-state index in [4.69, 9.17) is 0 Å². The van der Waals surface area contributed by atoms with Crippen LogP contribution in [0, 0.1) is 6.92 Å². The van der Waals surface area contributed by atoms with E-state index in [0.717, 1.165) is 67.9 Å². The van der Waals surface area contributed by atoms with E-state index in [9.17, 15) is 4.79 Å². The average molecular weight is 420 g/mol. The number of carbonyl (C=O) groups is 1. The highest BCUT2D eigenvalue weighted by Gasteiger charge is 2.37. The molecule has 0 amide bonds. The topological polar surface area (TPSA) is 88.8 Å². The lowest BCUT2D eigenvalue weighted by Gasteiger charge is -2.47. The molecule has 0 saturated carbocycles. The number of nitrogens with zero attached hydrogens (tertiary/aromatic N) is 6. The quantitative estimate of drug-likeness (QED) is 0.560. The van der Waals surface area contributed by atoms with Crippen molar-refractivity contribution in [3.63, 3.8) is 0 Å². The van der Waals surface area contributed by atoms with Gasteiger partial charge >= 0.3 is 0 Å². The average Bonchev–Trinajstić information content (AvgIpc) is 3.34. The molecule has 1 N–H and O–H groups in total. The van der Waals surface area contributed by atoms with Crippen LogP contribution in [0.15, 0.2) is 42.7 Å². The molecule has 2 aromatic heterocycles. The molecule has 1 aromatic carbocycles. The molecular weight excluding hydrogens is 390 g/mol. The molecule has 1 fully saturated rings.